The van der Waals surface area contributed by atoms with E-state index in [1.165, 1.54) is 18.7 Å². The van der Waals surface area contributed by atoms with Crippen LogP contribution >= 0.6 is 0 Å². The Morgan fingerprint density at radius 3 is 2.59 bits per heavy atom. The highest BCUT2D eigenvalue weighted by atomic mass is 16.1. The summed E-state index contributed by atoms with van der Waals surface area (Å²) in [4.78, 5) is 16.8. The quantitative estimate of drug-likeness (QED) is 0.594. The molecule has 1 aromatic carbocycles. The first-order valence-electron chi connectivity index (χ1n) is 8.48. The van der Waals surface area contributed by atoms with E-state index in [0.717, 1.165) is 42.5 Å². The number of fused-ring (bicyclic) bond motifs is 1. The number of hydrogen-bond acceptors (Lipinski definition) is 1. The lowest BCUT2D eigenvalue weighted by Crippen LogP contribution is -3.14. The van der Waals surface area contributed by atoms with Crippen molar-refractivity contribution < 1.29 is 10.2 Å². The Morgan fingerprint density at radius 1 is 1.14 bits per heavy atom. The van der Waals surface area contributed by atoms with Gasteiger partial charge in [0.2, 0.25) is 0 Å². The van der Waals surface area contributed by atoms with E-state index in [9.17, 15) is 4.79 Å². The highest BCUT2D eigenvalue weighted by Gasteiger charge is 2.07. The Morgan fingerprint density at radius 2 is 1.91 bits per heavy atom. The number of nitrogens with two attached hydrogens (primary N) is 1. The minimum atomic E-state index is 0.0446. The number of pyridine rings is 1. The average Bonchev–Trinajstić information content (AvgIpc) is 2.55. The van der Waals surface area contributed by atoms with Gasteiger partial charge in [0, 0.05) is 5.52 Å². The van der Waals surface area contributed by atoms with Crippen LogP contribution in [0, 0.1) is 0 Å². The molecule has 0 spiro atoms. The van der Waals surface area contributed by atoms with E-state index in [2.05, 4.69) is 43.2 Å². The summed E-state index contributed by atoms with van der Waals surface area (Å²) in [7, 11) is 0. The highest BCUT2D eigenvalue weighted by molar-refractivity contribution is 5.79. The van der Waals surface area contributed by atoms with Crippen LogP contribution in [0.5, 0.6) is 0 Å². The van der Waals surface area contributed by atoms with Crippen LogP contribution in [-0.4, -0.2) is 31.2 Å². The van der Waals surface area contributed by atoms with E-state index < -0.39 is 0 Å². The third kappa shape index (κ3) is 4.18. The third-order valence-electron chi connectivity index (χ3n) is 4.46. The molecule has 0 saturated carbocycles. The predicted molar refractivity (Wildman–Crippen MR) is 91.4 cm³/mol. The normalized spacial score (nSPS) is 11.5. The molecule has 22 heavy (non-hydrogen) atoms. The van der Waals surface area contributed by atoms with Crippen molar-refractivity contribution in [2.75, 3.05) is 26.2 Å². The largest absolute Gasteiger partial charge is 0.338 e. The number of rotatable bonds is 8. The monoisotopic (exact) mass is 303 g/mol. The molecule has 1 aromatic heterocycles. The number of likely N-dealkylation sites (N-methyl/N-ethyl adjacent to an activating group) is 1. The van der Waals surface area contributed by atoms with Crippen LogP contribution in [0.15, 0.2) is 29.1 Å². The van der Waals surface area contributed by atoms with Gasteiger partial charge in [0.05, 0.1) is 18.7 Å². The number of benzene rings is 1. The number of aromatic nitrogens is 1. The maximum absolute atomic E-state index is 12.1. The second kappa shape index (κ2) is 8.11. The van der Waals surface area contributed by atoms with Crippen LogP contribution in [0.4, 0.5) is 0 Å². The standard InChI is InChI=1S/C18H27N3O/c1-4-14-7-8-17-15(11-14)12-16(18(22)20-17)13-19-9-10-21(5-2)6-3/h7-8,11-12,19H,4-6,9-10,13H2,1-3H3,(H,20,22)/p+2. The zero-order valence-electron chi connectivity index (χ0n) is 14.0. The second-order valence-corrected chi connectivity index (χ2v) is 5.89. The molecule has 0 aliphatic carbocycles. The molecule has 2 rings (SSSR count). The summed E-state index contributed by atoms with van der Waals surface area (Å²) in [6.07, 6.45) is 1.02. The number of H-pyrrole nitrogens is 1. The molecule has 2 aromatic rings. The molecule has 0 atom stereocenters. The molecule has 4 N–H and O–H groups in total. The summed E-state index contributed by atoms with van der Waals surface area (Å²) in [5.41, 5.74) is 3.15. The van der Waals surface area contributed by atoms with Crippen molar-refractivity contribution in [1.29, 1.82) is 0 Å². The molecular weight excluding hydrogens is 274 g/mol. The molecule has 4 nitrogen and oxygen atoms in total. The average molecular weight is 303 g/mol. The van der Waals surface area contributed by atoms with Crippen LogP contribution in [-0.2, 0) is 13.0 Å². The number of aryl methyl sites for hydroxylation is 1. The van der Waals surface area contributed by atoms with Crippen LogP contribution in [0.1, 0.15) is 31.9 Å². The van der Waals surface area contributed by atoms with Crippen molar-refractivity contribution in [2.45, 2.75) is 33.7 Å². The fraction of sp³-hybridized carbons (Fsp3) is 0.500. The van der Waals surface area contributed by atoms with Gasteiger partial charge in [-0.25, -0.2) is 0 Å². The van der Waals surface area contributed by atoms with Crippen LogP contribution in [0.25, 0.3) is 10.9 Å². The fourth-order valence-corrected chi connectivity index (χ4v) is 2.84. The smallest absolute Gasteiger partial charge is 0.257 e. The maximum Gasteiger partial charge on any atom is 0.257 e. The lowest BCUT2D eigenvalue weighted by atomic mass is 10.1. The molecule has 120 valence electrons. The van der Waals surface area contributed by atoms with Crippen molar-refractivity contribution in [3.05, 3.63) is 45.7 Å². The van der Waals surface area contributed by atoms with Gasteiger partial charge in [0.1, 0.15) is 19.6 Å². The van der Waals surface area contributed by atoms with Crippen molar-refractivity contribution in [1.82, 2.24) is 4.98 Å². The van der Waals surface area contributed by atoms with E-state index in [-0.39, 0.29) is 5.56 Å². The SMILES string of the molecule is CCc1ccc2[nH]c(=O)c(C[NH2+]CC[NH+](CC)CC)cc2c1. The highest BCUT2D eigenvalue weighted by Crippen LogP contribution is 2.13. The van der Waals surface area contributed by atoms with Crippen molar-refractivity contribution in [2.24, 2.45) is 0 Å². The number of hydrogen-bond donors (Lipinski definition) is 3. The van der Waals surface area contributed by atoms with Crippen molar-refractivity contribution >= 4 is 10.9 Å². The summed E-state index contributed by atoms with van der Waals surface area (Å²) in [6, 6.07) is 8.31. The molecule has 0 amide bonds. The molecule has 1 heterocycles. The molecule has 0 aliphatic rings. The Bertz CT molecular complexity index is 659. The summed E-state index contributed by atoms with van der Waals surface area (Å²) in [5.74, 6) is 0. The van der Waals surface area contributed by atoms with E-state index in [4.69, 9.17) is 0 Å². The van der Waals surface area contributed by atoms with Crippen molar-refractivity contribution in [3.8, 4) is 0 Å². The minimum absolute atomic E-state index is 0.0446. The van der Waals surface area contributed by atoms with E-state index in [0.29, 0.717) is 0 Å². The van der Waals surface area contributed by atoms with Crippen LogP contribution in [0.3, 0.4) is 0 Å². The lowest BCUT2D eigenvalue weighted by Gasteiger charge is -2.13. The topological polar surface area (TPSA) is 53.9 Å². The van der Waals surface area contributed by atoms with Gasteiger partial charge in [-0.3, -0.25) is 4.79 Å². The first-order valence-corrected chi connectivity index (χ1v) is 8.48. The van der Waals surface area contributed by atoms with Gasteiger partial charge < -0.3 is 15.2 Å². The number of aromatic amines is 1. The van der Waals surface area contributed by atoms with Crippen LogP contribution < -0.4 is 15.8 Å². The van der Waals surface area contributed by atoms with Gasteiger partial charge in [0.15, 0.2) is 0 Å². The lowest BCUT2D eigenvalue weighted by molar-refractivity contribution is -0.910. The van der Waals surface area contributed by atoms with Gasteiger partial charge in [-0.1, -0.05) is 13.0 Å². The number of nitrogens with one attached hydrogen (secondary N) is 2. The molecule has 0 fully saturated rings. The first-order chi connectivity index (χ1) is 10.7. The van der Waals surface area contributed by atoms with Gasteiger partial charge in [-0.15, -0.1) is 0 Å². The first kappa shape index (κ1) is 16.7. The summed E-state index contributed by atoms with van der Waals surface area (Å²) < 4.78 is 0. The Labute approximate surface area is 132 Å². The second-order valence-electron chi connectivity index (χ2n) is 5.89. The Hall–Kier alpha value is -1.65. The molecule has 0 aliphatic heterocycles. The predicted octanol–water partition coefficient (Wildman–Crippen LogP) is 0.0786. The van der Waals surface area contributed by atoms with Crippen molar-refractivity contribution in [3.63, 3.8) is 0 Å². The Kier molecular flexibility index (Phi) is 6.16. The Balaban J connectivity index is 2.04. The van der Waals surface area contributed by atoms with Gasteiger partial charge in [0.25, 0.3) is 5.56 Å². The molecule has 4 heteroatoms. The van der Waals surface area contributed by atoms with E-state index >= 15 is 0 Å². The molecular formula is C18H29N3O+2. The molecule has 0 bridgehead atoms. The zero-order chi connectivity index (χ0) is 15.9. The van der Waals surface area contributed by atoms with Gasteiger partial charge in [-0.05, 0) is 49.4 Å². The number of quaternary nitrogens is 2. The summed E-state index contributed by atoms with van der Waals surface area (Å²) in [5, 5.41) is 3.38. The fourth-order valence-electron chi connectivity index (χ4n) is 2.84. The zero-order valence-corrected chi connectivity index (χ0v) is 14.0. The van der Waals surface area contributed by atoms with Crippen LogP contribution in [0.2, 0.25) is 0 Å². The third-order valence-corrected chi connectivity index (χ3v) is 4.46. The van der Waals surface area contributed by atoms with E-state index in [1.54, 1.807) is 4.90 Å². The van der Waals surface area contributed by atoms with E-state index in [1.807, 2.05) is 12.1 Å². The molecule has 0 radical (unpaired) electrons. The molecule has 0 unspecified atom stereocenters. The maximum atomic E-state index is 12.1. The molecule has 0 saturated heterocycles. The summed E-state index contributed by atoms with van der Waals surface area (Å²) >= 11 is 0. The van der Waals surface area contributed by atoms with Gasteiger partial charge in [-0.2, -0.15) is 0 Å². The minimum Gasteiger partial charge on any atom is -0.338 e. The summed E-state index contributed by atoms with van der Waals surface area (Å²) in [6.45, 7) is 11.9. The van der Waals surface area contributed by atoms with Gasteiger partial charge >= 0.3 is 0 Å².